The molecule has 1 fully saturated rings. The van der Waals surface area contributed by atoms with Crippen molar-refractivity contribution in [1.29, 1.82) is 0 Å². The van der Waals surface area contributed by atoms with Crippen molar-refractivity contribution in [2.24, 2.45) is 0 Å². The van der Waals surface area contributed by atoms with E-state index >= 15 is 0 Å². The standard InChI is InChI=1S/C15H16FN5O3/c1-24-14-4-5-17-15(18-14)20-8-6-19(7-9-20)13-10-11(16)2-3-12(13)21(22)23/h2-5,10H,6-9H2,1H3. The number of aromatic nitrogens is 2. The van der Waals surface area contributed by atoms with Crippen molar-refractivity contribution in [2.75, 3.05) is 43.1 Å². The maximum absolute atomic E-state index is 13.5. The molecule has 1 aliphatic rings. The van der Waals surface area contributed by atoms with Gasteiger partial charge in [-0.3, -0.25) is 10.1 Å². The molecule has 0 atom stereocenters. The number of ether oxygens (including phenoxy) is 1. The Morgan fingerprint density at radius 2 is 1.92 bits per heavy atom. The average Bonchev–Trinajstić information content (AvgIpc) is 2.61. The molecule has 0 amide bonds. The van der Waals surface area contributed by atoms with Crippen LogP contribution in [-0.4, -0.2) is 48.2 Å². The fraction of sp³-hybridized carbons (Fsp3) is 0.333. The fourth-order valence-corrected chi connectivity index (χ4v) is 2.65. The highest BCUT2D eigenvalue weighted by atomic mass is 19.1. The molecule has 0 bridgehead atoms. The van der Waals surface area contributed by atoms with Gasteiger partial charge in [-0.05, 0) is 6.07 Å². The first-order chi connectivity index (χ1) is 11.6. The van der Waals surface area contributed by atoms with Gasteiger partial charge in [0, 0.05) is 50.6 Å². The summed E-state index contributed by atoms with van der Waals surface area (Å²) in [6.07, 6.45) is 1.62. The molecule has 126 valence electrons. The van der Waals surface area contributed by atoms with Crippen LogP contribution in [-0.2, 0) is 0 Å². The molecule has 0 radical (unpaired) electrons. The predicted octanol–water partition coefficient (Wildman–Crippen LogP) is 1.86. The smallest absolute Gasteiger partial charge is 0.292 e. The zero-order chi connectivity index (χ0) is 17.1. The van der Waals surface area contributed by atoms with E-state index in [9.17, 15) is 14.5 Å². The van der Waals surface area contributed by atoms with Gasteiger partial charge in [-0.2, -0.15) is 4.98 Å². The minimum Gasteiger partial charge on any atom is -0.481 e. The van der Waals surface area contributed by atoms with Crippen LogP contribution in [0.4, 0.5) is 21.7 Å². The third kappa shape index (κ3) is 3.19. The van der Waals surface area contributed by atoms with Crippen LogP contribution in [0.1, 0.15) is 0 Å². The van der Waals surface area contributed by atoms with Gasteiger partial charge >= 0.3 is 0 Å². The Kier molecular flexibility index (Phi) is 4.41. The molecule has 0 spiro atoms. The third-order valence-corrected chi connectivity index (χ3v) is 3.86. The molecule has 1 aromatic carbocycles. The molecule has 3 rings (SSSR count). The summed E-state index contributed by atoms with van der Waals surface area (Å²) in [7, 11) is 1.53. The number of methoxy groups -OCH3 is 1. The summed E-state index contributed by atoms with van der Waals surface area (Å²) >= 11 is 0. The van der Waals surface area contributed by atoms with E-state index in [-0.39, 0.29) is 5.69 Å². The van der Waals surface area contributed by atoms with E-state index in [2.05, 4.69) is 9.97 Å². The summed E-state index contributed by atoms with van der Waals surface area (Å²) in [6.45, 7) is 2.15. The van der Waals surface area contributed by atoms with Crippen LogP contribution in [0.2, 0.25) is 0 Å². The third-order valence-electron chi connectivity index (χ3n) is 3.86. The lowest BCUT2D eigenvalue weighted by Crippen LogP contribution is -2.47. The molecule has 1 aliphatic heterocycles. The number of rotatable bonds is 4. The normalized spacial score (nSPS) is 14.6. The summed E-state index contributed by atoms with van der Waals surface area (Å²) in [5.41, 5.74) is 0.202. The first-order valence-electron chi connectivity index (χ1n) is 7.39. The van der Waals surface area contributed by atoms with E-state index in [4.69, 9.17) is 4.74 Å². The summed E-state index contributed by atoms with van der Waals surface area (Å²) < 4.78 is 18.6. The monoisotopic (exact) mass is 333 g/mol. The topological polar surface area (TPSA) is 84.6 Å². The van der Waals surface area contributed by atoms with Crippen molar-refractivity contribution in [3.63, 3.8) is 0 Å². The highest BCUT2D eigenvalue weighted by molar-refractivity contribution is 5.64. The van der Waals surface area contributed by atoms with Crippen LogP contribution in [0, 0.1) is 15.9 Å². The maximum atomic E-state index is 13.5. The van der Waals surface area contributed by atoms with Gasteiger partial charge in [-0.15, -0.1) is 0 Å². The number of halogens is 1. The number of nitro benzene ring substituents is 1. The van der Waals surface area contributed by atoms with Crippen molar-refractivity contribution in [3.8, 4) is 5.88 Å². The van der Waals surface area contributed by atoms with Crippen molar-refractivity contribution in [3.05, 3.63) is 46.4 Å². The van der Waals surface area contributed by atoms with E-state index in [1.54, 1.807) is 17.2 Å². The molecule has 2 heterocycles. The molecule has 0 saturated carbocycles. The number of nitrogens with zero attached hydrogens (tertiary/aromatic N) is 5. The fourth-order valence-electron chi connectivity index (χ4n) is 2.65. The number of hydrogen-bond acceptors (Lipinski definition) is 7. The Balaban J connectivity index is 1.75. The Labute approximate surface area is 137 Å². The van der Waals surface area contributed by atoms with Crippen LogP contribution >= 0.6 is 0 Å². The van der Waals surface area contributed by atoms with Crippen molar-refractivity contribution in [1.82, 2.24) is 9.97 Å². The van der Waals surface area contributed by atoms with Gasteiger partial charge in [0.25, 0.3) is 5.69 Å². The van der Waals surface area contributed by atoms with Gasteiger partial charge in [0.05, 0.1) is 12.0 Å². The molecular formula is C15H16FN5O3. The largest absolute Gasteiger partial charge is 0.481 e. The number of hydrogen-bond donors (Lipinski definition) is 0. The summed E-state index contributed by atoms with van der Waals surface area (Å²) in [6, 6.07) is 5.16. The molecule has 1 saturated heterocycles. The first-order valence-corrected chi connectivity index (χ1v) is 7.39. The number of nitro groups is 1. The van der Waals surface area contributed by atoms with Gasteiger partial charge in [0.15, 0.2) is 0 Å². The van der Waals surface area contributed by atoms with E-state index < -0.39 is 10.7 Å². The second kappa shape index (κ2) is 6.65. The maximum Gasteiger partial charge on any atom is 0.292 e. The van der Waals surface area contributed by atoms with Gasteiger partial charge in [-0.1, -0.05) is 0 Å². The molecule has 0 aliphatic carbocycles. The molecule has 1 aromatic heterocycles. The van der Waals surface area contributed by atoms with Gasteiger partial charge in [0.1, 0.15) is 11.5 Å². The molecule has 8 nitrogen and oxygen atoms in total. The molecular weight excluding hydrogens is 317 g/mol. The lowest BCUT2D eigenvalue weighted by atomic mass is 10.2. The van der Waals surface area contributed by atoms with E-state index in [0.717, 1.165) is 6.07 Å². The quantitative estimate of drug-likeness (QED) is 0.623. The molecule has 24 heavy (non-hydrogen) atoms. The minimum absolute atomic E-state index is 0.0949. The zero-order valence-corrected chi connectivity index (χ0v) is 13.1. The summed E-state index contributed by atoms with van der Waals surface area (Å²) in [5, 5.41) is 11.1. The van der Waals surface area contributed by atoms with Crippen LogP contribution in [0.15, 0.2) is 30.5 Å². The predicted molar refractivity (Wildman–Crippen MR) is 86.1 cm³/mol. The SMILES string of the molecule is COc1ccnc(N2CCN(c3cc(F)ccc3[N+](=O)[O-])CC2)n1. The highest BCUT2D eigenvalue weighted by Crippen LogP contribution is 2.30. The number of piperazine rings is 1. The Morgan fingerprint density at radius 3 is 2.58 bits per heavy atom. The minimum atomic E-state index is -0.494. The Bertz CT molecular complexity index is 750. The Morgan fingerprint density at radius 1 is 1.21 bits per heavy atom. The van der Waals surface area contributed by atoms with Crippen LogP contribution in [0.25, 0.3) is 0 Å². The van der Waals surface area contributed by atoms with Gasteiger partial charge in [-0.25, -0.2) is 9.37 Å². The zero-order valence-electron chi connectivity index (χ0n) is 13.1. The Hall–Kier alpha value is -2.97. The van der Waals surface area contributed by atoms with E-state index in [0.29, 0.717) is 43.7 Å². The molecule has 9 heteroatoms. The highest BCUT2D eigenvalue weighted by Gasteiger charge is 2.25. The molecule has 0 N–H and O–H groups in total. The van der Waals surface area contributed by atoms with Gasteiger partial charge in [0.2, 0.25) is 11.8 Å². The number of benzene rings is 1. The lowest BCUT2D eigenvalue weighted by Gasteiger charge is -2.35. The second-order valence-electron chi connectivity index (χ2n) is 5.26. The van der Waals surface area contributed by atoms with Crippen molar-refractivity contribution < 1.29 is 14.1 Å². The van der Waals surface area contributed by atoms with E-state index in [1.807, 2.05) is 4.90 Å². The number of anilines is 2. The average molecular weight is 333 g/mol. The van der Waals surface area contributed by atoms with Crippen LogP contribution in [0.5, 0.6) is 5.88 Å². The second-order valence-corrected chi connectivity index (χ2v) is 5.26. The van der Waals surface area contributed by atoms with Crippen molar-refractivity contribution in [2.45, 2.75) is 0 Å². The van der Waals surface area contributed by atoms with E-state index in [1.165, 1.54) is 19.2 Å². The summed E-state index contributed by atoms with van der Waals surface area (Å²) in [5.74, 6) is 0.528. The molecule has 0 unspecified atom stereocenters. The molecule has 2 aromatic rings. The van der Waals surface area contributed by atoms with Crippen LogP contribution < -0.4 is 14.5 Å². The first kappa shape index (κ1) is 15.9. The van der Waals surface area contributed by atoms with Crippen LogP contribution in [0.3, 0.4) is 0 Å². The summed E-state index contributed by atoms with van der Waals surface area (Å²) in [4.78, 5) is 22.9. The van der Waals surface area contributed by atoms with Gasteiger partial charge < -0.3 is 14.5 Å². The lowest BCUT2D eigenvalue weighted by molar-refractivity contribution is -0.384. The van der Waals surface area contributed by atoms with Crippen molar-refractivity contribution >= 4 is 17.3 Å².